The highest BCUT2D eigenvalue weighted by Gasteiger charge is 2.11. The van der Waals surface area contributed by atoms with Gasteiger partial charge in [0.15, 0.2) is 5.13 Å². The number of nitrogens with zero attached hydrogens (tertiary/aromatic N) is 2. The molecule has 0 aliphatic rings. The lowest BCUT2D eigenvalue weighted by atomic mass is 10.2. The van der Waals surface area contributed by atoms with Crippen molar-refractivity contribution in [2.45, 2.75) is 6.92 Å². The topological polar surface area (TPSA) is 87.7 Å². The third kappa shape index (κ3) is 2.43. The van der Waals surface area contributed by atoms with Crippen LogP contribution in [0.1, 0.15) is 16.1 Å². The summed E-state index contributed by atoms with van der Waals surface area (Å²) >= 11 is 1.39. The minimum Gasteiger partial charge on any atom is -0.296 e. The monoisotopic (exact) mass is 286 g/mol. The van der Waals surface area contributed by atoms with Crippen molar-refractivity contribution in [1.82, 2.24) is 15.2 Å². The molecule has 20 heavy (non-hydrogen) atoms. The third-order valence-electron chi connectivity index (χ3n) is 2.68. The number of aromatic nitrogens is 3. The molecule has 2 heterocycles. The Kier molecular flexibility index (Phi) is 3.03. The Bertz CT molecular complexity index is 832. The summed E-state index contributed by atoms with van der Waals surface area (Å²) in [7, 11) is 0. The summed E-state index contributed by atoms with van der Waals surface area (Å²) in [6.45, 7) is 2.00. The highest BCUT2D eigenvalue weighted by Crippen LogP contribution is 2.26. The van der Waals surface area contributed by atoms with Gasteiger partial charge in [-0.05, 0) is 30.7 Å². The Morgan fingerprint density at radius 1 is 1.30 bits per heavy atom. The predicted octanol–water partition coefficient (Wildman–Crippen LogP) is 1.94. The van der Waals surface area contributed by atoms with Crippen LogP contribution in [0, 0.1) is 6.92 Å². The van der Waals surface area contributed by atoms with Gasteiger partial charge in [0, 0.05) is 6.07 Å². The molecule has 3 aromatic rings. The Morgan fingerprint density at radius 3 is 2.90 bits per heavy atom. The molecular weight excluding hydrogens is 276 g/mol. The van der Waals surface area contributed by atoms with E-state index in [1.54, 1.807) is 0 Å². The smallest absolute Gasteiger partial charge is 0.277 e. The van der Waals surface area contributed by atoms with E-state index in [1.807, 2.05) is 25.1 Å². The van der Waals surface area contributed by atoms with E-state index in [4.69, 9.17) is 0 Å². The predicted molar refractivity (Wildman–Crippen MR) is 77.2 cm³/mol. The van der Waals surface area contributed by atoms with Crippen LogP contribution < -0.4 is 10.9 Å². The van der Waals surface area contributed by atoms with Gasteiger partial charge in [-0.1, -0.05) is 17.4 Å². The number of H-pyrrole nitrogens is 1. The number of fused-ring (bicyclic) bond motifs is 1. The van der Waals surface area contributed by atoms with E-state index in [0.29, 0.717) is 5.13 Å². The van der Waals surface area contributed by atoms with Crippen molar-refractivity contribution < 1.29 is 4.79 Å². The molecule has 0 aliphatic carbocycles. The molecule has 2 aromatic heterocycles. The van der Waals surface area contributed by atoms with Crippen molar-refractivity contribution in [3.8, 4) is 0 Å². The van der Waals surface area contributed by atoms with Crippen LogP contribution >= 0.6 is 11.3 Å². The molecule has 0 unspecified atom stereocenters. The van der Waals surface area contributed by atoms with Crippen LogP contribution in [0.5, 0.6) is 0 Å². The molecule has 3 rings (SSSR count). The number of carbonyl (C=O) groups excluding carboxylic acids is 1. The minimum absolute atomic E-state index is 0.139. The van der Waals surface area contributed by atoms with Crippen molar-refractivity contribution in [3.05, 3.63) is 51.9 Å². The van der Waals surface area contributed by atoms with E-state index >= 15 is 0 Å². The van der Waals surface area contributed by atoms with E-state index in [-0.39, 0.29) is 11.3 Å². The molecule has 0 bridgehead atoms. The standard InChI is InChI=1S/C13H10N4O2S/c1-7-2-3-8-10(6-7)20-13(14-8)15-12(19)9-4-5-11(18)17-16-9/h2-6H,1H3,(H,17,18)(H,14,15,19). The lowest BCUT2D eigenvalue weighted by Gasteiger charge is -1.98. The normalized spacial score (nSPS) is 10.7. The Hall–Kier alpha value is -2.54. The molecule has 2 N–H and O–H groups in total. The number of anilines is 1. The first-order valence-corrected chi connectivity index (χ1v) is 6.68. The molecular formula is C13H10N4O2S. The Morgan fingerprint density at radius 2 is 2.15 bits per heavy atom. The van der Waals surface area contributed by atoms with Gasteiger partial charge in [-0.2, -0.15) is 5.10 Å². The maximum Gasteiger partial charge on any atom is 0.277 e. The Balaban J connectivity index is 1.87. The zero-order valence-electron chi connectivity index (χ0n) is 10.5. The van der Waals surface area contributed by atoms with Gasteiger partial charge in [0.1, 0.15) is 5.69 Å². The summed E-state index contributed by atoms with van der Waals surface area (Å²) in [6.07, 6.45) is 0. The number of hydrogen-bond donors (Lipinski definition) is 2. The van der Waals surface area contributed by atoms with E-state index in [1.165, 1.54) is 23.5 Å². The fourth-order valence-corrected chi connectivity index (χ4v) is 2.68. The van der Waals surface area contributed by atoms with Gasteiger partial charge in [-0.25, -0.2) is 10.1 Å². The molecule has 0 fully saturated rings. The number of aryl methyl sites for hydroxylation is 1. The van der Waals surface area contributed by atoms with Gasteiger partial charge in [-0.3, -0.25) is 14.9 Å². The Labute approximate surface area is 117 Å². The van der Waals surface area contributed by atoms with E-state index in [2.05, 4.69) is 20.5 Å². The summed E-state index contributed by atoms with van der Waals surface area (Å²) in [5.74, 6) is -0.406. The average Bonchev–Trinajstić information content (AvgIpc) is 2.80. The second-order valence-corrected chi connectivity index (χ2v) is 5.28. The van der Waals surface area contributed by atoms with Crippen LogP contribution in [-0.4, -0.2) is 21.1 Å². The number of nitrogens with one attached hydrogen (secondary N) is 2. The van der Waals surface area contributed by atoms with E-state index in [9.17, 15) is 9.59 Å². The van der Waals surface area contributed by atoms with Crippen LogP contribution in [0.4, 0.5) is 5.13 Å². The molecule has 6 nitrogen and oxygen atoms in total. The molecule has 0 saturated carbocycles. The van der Waals surface area contributed by atoms with Crippen LogP contribution in [-0.2, 0) is 0 Å². The summed E-state index contributed by atoms with van der Waals surface area (Å²) < 4.78 is 1.01. The van der Waals surface area contributed by atoms with E-state index < -0.39 is 5.91 Å². The van der Waals surface area contributed by atoms with Gasteiger partial charge in [0.2, 0.25) is 0 Å². The van der Waals surface area contributed by atoms with Crippen LogP contribution in [0.3, 0.4) is 0 Å². The van der Waals surface area contributed by atoms with Crippen molar-refractivity contribution in [1.29, 1.82) is 0 Å². The first-order valence-electron chi connectivity index (χ1n) is 5.86. The van der Waals surface area contributed by atoms with E-state index in [0.717, 1.165) is 15.8 Å². The molecule has 0 radical (unpaired) electrons. The number of aromatic amines is 1. The number of carbonyl (C=O) groups is 1. The van der Waals surface area contributed by atoms with Crippen molar-refractivity contribution in [2.24, 2.45) is 0 Å². The molecule has 0 spiro atoms. The summed E-state index contributed by atoms with van der Waals surface area (Å²) in [4.78, 5) is 27.2. The molecule has 0 saturated heterocycles. The number of hydrogen-bond acceptors (Lipinski definition) is 5. The lowest BCUT2D eigenvalue weighted by Crippen LogP contribution is -2.17. The second-order valence-electron chi connectivity index (χ2n) is 4.25. The number of amides is 1. The zero-order chi connectivity index (χ0) is 14.1. The summed E-state index contributed by atoms with van der Waals surface area (Å²) in [5.41, 5.74) is 1.77. The fraction of sp³-hybridized carbons (Fsp3) is 0.0769. The van der Waals surface area contributed by atoms with Crippen LogP contribution in [0.15, 0.2) is 35.1 Å². The quantitative estimate of drug-likeness (QED) is 0.753. The van der Waals surface area contributed by atoms with Crippen LogP contribution in [0.25, 0.3) is 10.2 Å². The summed E-state index contributed by atoms with van der Waals surface area (Å²) in [5, 5.41) is 9.06. The third-order valence-corrected chi connectivity index (χ3v) is 3.61. The lowest BCUT2D eigenvalue weighted by molar-refractivity contribution is 0.102. The first-order chi connectivity index (χ1) is 9.61. The average molecular weight is 286 g/mol. The fourth-order valence-electron chi connectivity index (χ4n) is 1.72. The molecule has 7 heteroatoms. The molecule has 0 aliphatic heterocycles. The summed E-state index contributed by atoms with van der Waals surface area (Å²) in [6, 6.07) is 8.52. The highest BCUT2D eigenvalue weighted by molar-refractivity contribution is 7.22. The maximum absolute atomic E-state index is 11.9. The van der Waals surface area contributed by atoms with Gasteiger partial charge >= 0.3 is 0 Å². The highest BCUT2D eigenvalue weighted by atomic mass is 32.1. The number of benzene rings is 1. The van der Waals surface area contributed by atoms with Crippen LogP contribution in [0.2, 0.25) is 0 Å². The maximum atomic E-state index is 11.9. The number of rotatable bonds is 2. The van der Waals surface area contributed by atoms with Crippen molar-refractivity contribution in [3.63, 3.8) is 0 Å². The molecule has 1 amide bonds. The minimum atomic E-state index is -0.406. The van der Waals surface area contributed by atoms with Gasteiger partial charge in [-0.15, -0.1) is 0 Å². The second kappa shape index (κ2) is 4.86. The first kappa shape index (κ1) is 12.5. The molecule has 100 valence electrons. The van der Waals surface area contributed by atoms with Crippen molar-refractivity contribution >= 4 is 32.6 Å². The largest absolute Gasteiger partial charge is 0.296 e. The SMILES string of the molecule is Cc1ccc2nc(NC(=O)c3ccc(=O)[nH]n3)sc2c1. The molecule has 1 aromatic carbocycles. The van der Waals surface area contributed by atoms with Gasteiger partial charge in [0.25, 0.3) is 11.5 Å². The van der Waals surface area contributed by atoms with Gasteiger partial charge in [0.05, 0.1) is 10.2 Å². The van der Waals surface area contributed by atoms with Gasteiger partial charge < -0.3 is 0 Å². The van der Waals surface area contributed by atoms with Crippen molar-refractivity contribution in [2.75, 3.05) is 5.32 Å². The zero-order valence-corrected chi connectivity index (χ0v) is 11.3. The number of thiazole rings is 1. The molecule has 0 atom stereocenters.